The van der Waals surface area contributed by atoms with Crippen LogP contribution >= 0.6 is 11.8 Å². The fraction of sp³-hybridized carbons (Fsp3) is 0.316. The minimum Gasteiger partial charge on any atom is -0.492 e. The van der Waals surface area contributed by atoms with E-state index in [4.69, 9.17) is 4.74 Å². The summed E-state index contributed by atoms with van der Waals surface area (Å²) < 4.78 is 18.6. The number of halogens is 1. The molecule has 1 N–H and O–H groups in total. The summed E-state index contributed by atoms with van der Waals surface area (Å²) in [6.45, 7) is 4.46. The summed E-state index contributed by atoms with van der Waals surface area (Å²) in [4.78, 5) is 11.9. The van der Waals surface area contributed by atoms with E-state index in [9.17, 15) is 9.18 Å². The SMILES string of the molecule is Cc1ccccc1OCCSCC(=O)N[C@H](C)c1ccc(F)cc1. The van der Waals surface area contributed by atoms with E-state index in [0.717, 1.165) is 22.6 Å². The number of amides is 1. The van der Waals surface area contributed by atoms with Gasteiger partial charge in [-0.05, 0) is 43.2 Å². The van der Waals surface area contributed by atoms with Gasteiger partial charge in [-0.15, -0.1) is 11.8 Å². The van der Waals surface area contributed by atoms with E-state index in [1.54, 1.807) is 12.1 Å². The first-order chi connectivity index (χ1) is 11.6. The molecule has 0 saturated carbocycles. The van der Waals surface area contributed by atoms with Crippen LogP contribution in [0.4, 0.5) is 4.39 Å². The van der Waals surface area contributed by atoms with Gasteiger partial charge in [0.1, 0.15) is 11.6 Å². The van der Waals surface area contributed by atoms with Gasteiger partial charge >= 0.3 is 0 Å². The summed E-state index contributed by atoms with van der Waals surface area (Å²) in [6.07, 6.45) is 0. The van der Waals surface area contributed by atoms with Gasteiger partial charge in [-0.1, -0.05) is 30.3 Å². The predicted octanol–water partition coefficient (Wildman–Crippen LogP) is 4.12. The Morgan fingerprint density at radius 2 is 1.92 bits per heavy atom. The zero-order chi connectivity index (χ0) is 17.4. The summed E-state index contributed by atoms with van der Waals surface area (Å²) >= 11 is 1.53. The number of ether oxygens (including phenoxy) is 1. The van der Waals surface area contributed by atoms with Gasteiger partial charge in [0, 0.05) is 5.75 Å². The monoisotopic (exact) mass is 347 g/mol. The van der Waals surface area contributed by atoms with Gasteiger partial charge in [-0.25, -0.2) is 4.39 Å². The highest BCUT2D eigenvalue weighted by Crippen LogP contribution is 2.17. The summed E-state index contributed by atoms with van der Waals surface area (Å²) in [6, 6.07) is 13.9. The molecule has 1 atom stereocenters. The van der Waals surface area contributed by atoms with E-state index in [-0.39, 0.29) is 17.8 Å². The molecule has 0 fully saturated rings. The van der Waals surface area contributed by atoms with Crippen molar-refractivity contribution in [3.05, 3.63) is 65.5 Å². The van der Waals surface area contributed by atoms with Crippen LogP contribution in [0.15, 0.2) is 48.5 Å². The minimum absolute atomic E-state index is 0.0345. The second kappa shape index (κ2) is 9.33. The Balaban J connectivity index is 1.64. The van der Waals surface area contributed by atoms with Crippen LogP contribution in [0.25, 0.3) is 0 Å². The van der Waals surface area contributed by atoms with Gasteiger partial charge in [-0.3, -0.25) is 4.79 Å². The van der Waals surface area contributed by atoms with E-state index in [2.05, 4.69) is 5.32 Å². The third kappa shape index (κ3) is 5.89. The number of nitrogens with one attached hydrogen (secondary N) is 1. The Morgan fingerprint density at radius 3 is 2.62 bits per heavy atom. The first-order valence-corrected chi connectivity index (χ1v) is 9.02. The highest BCUT2D eigenvalue weighted by Gasteiger charge is 2.09. The molecule has 0 aliphatic carbocycles. The van der Waals surface area contributed by atoms with Gasteiger partial charge in [0.2, 0.25) is 5.91 Å². The normalized spacial score (nSPS) is 11.8. The highest BCUT2D eigenvalue weighted by molar-refractivity contribution is 7.99. The minimum atomic E-state index is -0.276. The first-order valence-electron chi connectivity index (χ1n) is 7.87. The molecule has 0 aliphatic heterocycles. The largest absolute Gasteiger partial charge is 0.492 e. The average Bonchev–Trinajstić information content (AvgIpc) is 2.56. The quantitative estimate of drug-likeness (QED) is 0.730. The molecular weight excluding hydrogens is 325 g/mol. The lowest BCUT2D eigenvalue weighted by Gasteiger charge is -2.14. The molecule has 0 unspecified atom stereocenters. The number of hydrogen-bond acceptors (Lipinski definition) is 3. The van der Waals surface area contributed by atoms with Crippen LogP contribution in [0.1, 0.15) is 24.1 Å². The third-order valence-electron chi connectivity index (χ3n) is 3.56. The van der Waals surface area contributed by atoms with Gasteiger partial charge < -0.3 is 10.1 Å². The number of para-hydroxylation sites is 1. The van der Waals surface area contributed by atoms with E-state index >= 15 is 0 Å². The molecule has 3 nitrogen and oxygen atoms in total. The smallest absolute Gasteiger partial charge is 0.230 e. The topological polar surface area (TPSA) is 38.3 Å². The van der Waals surface area contributed by atoms with Crippen molar-refractivity contribution in [1.29, 1.82) is 0 Å². The zero-order valence-electron chi connectivity index (χ0n) is 13.9. The summed E-state index contributed by atoms with van der Waals surface area (Å²) in [7, 11) is 0. The van der Waals surface area contributed by atoms with Gasteiger partial charge in [0.05, 0.1) is 18.4 Å². The first kappa shape index (κ1) is 18.3. The molecule has 0 heterocycles. The van der Waals surface area contributed by atoms with E-state index in [1.165, 1.54) is 23.9 Å². The Labute approximate surface area is 146 Å². The van der Waals surface area contributed by atoms with Crippen LogP contribution in [0.2, 0.25) is 0 Å². The number of carbonyl (C=O) groups excluding carboxylic acids is 1. The van der Waals surface area contributed by atoms with Crippen molar-refractivity contribution in [3.63, 3.8) is 0 Å². The summed E-state index contributed by atoms with van der Waals surface area (Å²) in [5.41, 5.74) is 1.99. The molecular formula is C19H22FNO2S. The molecule has 0 saturated heterocycles. The second-order valence-electron chi connectivity index (χ2n) is 5.51. The van der Waals surface area contributed by atoms with Crippen LogP contribution < -0.4 is 10.1 Å². The predicted molar refractivity (Wildman–Crippen MR) is 97.0 cm³/mol. The van der Waals surface area contributed by atoms with E-state index < -0.39 is 0 Å². The molecule has 0 aliphatic rings. The van der Waals surface area contributed by atoms with Crippen molar-refractivity contribution < 1.29 is 13.9 Å². The lowest BCUT2D eigenvalue weighted by Crippen LogP contribution is -2.28. The maximum Gasteiger partial charge on any atom is 0.230 e. The van der Waals surface area contributed by atoms with Crippen molar-refractivity contribution >= 4 is 17.7 Å². The van der Waals surface area contributed by atoms with Crippen molar-refractivity contribution in [1.82, 2.24) is 5.32 Å². The molecule has 0 spiro atoms. The van der Waals surface area contributed by atoms with Gasteiger partial charge in [0.15, 0.2) is 0 Å². The number of benzene rings is 2. The van der Waals surface area contributed by atoms with Crippen LogP contribution in [-0.4, -0.2) is 24.0 Å². The van der Waals surface area contributed by atoms with Crippen LogP contribution in [-0.2, 0) is 4.79 Å². The number of thioether (sulfide) groups is 1. The molecule has 2 aromatic rings. The summed E-state index contributed by atoms with van der Waals surface area (Å²) in [5, 5.41) is 2.91. The second-order valence-corrected chi connectivity index (χ2v) is 6.61. The zero-order valence-corrected chi connectivity index (χ0v) is 14.7. The van der Waals surface area contributed by atoms with Crippen LogP contribution in [0.3, 0.4) is 0 Å². The molecule has 5 heteroatoms. The number of hydrogen-bond donors (Lipinski definition) is 1. The van der Waals surface area contributed by atoms with E-state index in [1.807, 2.05) is 38.1 Å². The van der Waals surface area contributed by atoms with Crippen molar-refractivity contribution in [2.24, 2.45) is 0 Å². The number of aryl methyl sites for hydroxylation is 1. The lowest BCUT2D eigenvalue weighted by molar-refractivity contribution is -0.119. The molecule has 128 valence electrons. The molecule has 0 aromatic heterocycles. The van der Waals surface area contributed by atoms with Crippen LogP contribution in [0.5, 0.6) is 5.75 Å². The van der Waals surface area contributed by atoms with Gasteiger partial charge in [0.25, 0.3) is 0 Å². The molecule has 2 aromatic carbocycles. The standard InChI is InChI=1S/C19H22FNO2S/c1-14-5-3-4-6-18(14)23-11-12-24-13-19(22)21-15(2)16-7-9-17(20)10-8-16/h3-10,15H,11-13H2,1-2H3,(H,21,22)/t15-/m1/s1. The Hall–Kier alpha value is -2.01. The maximum absolute atomic E-state index is 12.9. The van der Waals surface area contributed by atoms with Crippen molar-refractivity contribution in [2.45, 2.75) is 19.9 Å². The molecule has 2 rings (SSSR count). The fourth-order valence-electron chi connectivity index (χ4n) is 2.21. The maximum atomic E-state index is 12.9. The Morgan fingerprint density at radius 1 is 1.21 bits per heavy atom. The van der Waals surface area contributed by atoms with Gasteiger partial charge in [-0.2, -0.15) is 0 Å². The van der Waals surface area contributed by atoms with Crippen molar-refractivity contribution in [3.8, 4) is 5.75 Å². The molecule has 24 heavy (non-hydrogen) atoms. The fourth-order valence-corrected chi connectivity index (χ4v) is 2.83. The molecule has 0 bridgehead atoms. The lowest BCUT2D eigenvalue weighted by atomic mass is 10.1. The number of rotatable bonds is 8. The number of carbonyl (C=O) groups is 1. The molecule has 0 radical (unpaired) electrons. The van der Waals surface area contributed by atoms with E-state index in [0.29, 0.717) is 12.4 Å². The highest BCUT2D eigenvalue weighted by atomic mass is 32.2. The average molecular weight is 347 g/mol. The molecule has 1 amide bonds. The third-order valence-corrected chi connectivity index (χ3v) is 4.48. The van der Waals surface area contributed by atoms with Crippen molar-refractivity contribution in [2.75, 3.05) is 18.1 Å². The summed E-state index contributed by atoms with van der Waals surface area (Å²) in [5.74, 6) is 1.69. The Bertz CT molecular complexity index is 661. The van der Waals surface area contributed by atoms with Crippen LogP contribution in [0, 0.1) is 12.7 Å². The Kier molecular flexibility index (Phi) is 7.12.